The average Bonchev–Trinajstić information content (AvgIpc) is 2.90. The molecule has 2 atom stereocenters. The summed E-state index contributed by atoms with van der Waals surface area (Å²) in [6.07, 6.45) is 9.19. The minimum absolute atomic E-state index is 0.0148. The minimum atomic E-state index is -0.170. The second kappa shape index (κ2) is 6.40. The molecule has 2 N–H and O–H groups in total. The van der Waals surface area contributed by atoms with Crippen molar-refractivity contribution in [2.45, 2.75) is 44.8 Å². The van der Waals surface area contributed by atoms with Crippen LogP contribution in [0.1, 0.15) is 31.9 Å². The van der Waals surface area contributed by atoms with Crippen molar-refractivity contribution in [3.05, 3.63) is 36.3 Å². The third kappa shape index (κ3) is 3.74. The van der Waals surface area contributed by atoms with Gasteiger partial charge >= 0.3 is 0 Å². The molecule has 98 valence electrons. The Morgan fingerprint density at radius 1 is 1.56 bits per heavy atom. The third-order valence-electron chi connectivity index (χ3n) is 3.16. The summed E-state index contributed by atoms with van der Waals surface area (Å²) >= 11 is 0. The molecule has 2 rings (SSSR count). The number of nitrogens with one attached hydrogen (secondary N) is 2. The number of allylic oxidation sites excluding steroid dienone is 1. The number of rotatable bonds is 5. The van der Waals surface area contributed by atoms with E-state index in [1.165, 1.54) is 0 Å². The van der Waals surface area contributed by atoms with Crippen molar-refractivity contribution in [3.63, 3.8) is 0 Å². The summed E-state index contributed by atoms with van der Waals surface area (Å²) < 4.78 is 5.17. The number of carbonyl (C=O) groups excluding carboxylic acids is 1. The number of hydrogen-bond donors (Lipinski definition) is 2. The zero-order chi connectivity index (χ0) is 12.8. The predicted molar refractivity (Wildman–Crippen MR) is 69.9 cm³/mol. The standard InChI is InChI=1S/C14H20N2O2/c1-11(16-12-6-3-2-4-7-12)14(17)15-10-13-8-5-9-18-13/h2-3,5,8-9,11-12,16H,4,6-7,10H2,1H3,(H,15,17). The minimum Gasteiger partial charge on any atom is -0.467 e. The number of carbonyl (C=O) groups is 1. The molecule has 0 saturated carbocycles. The van der Waals surface area contributed by atoms with Crippen LogP contribution in [0.5, 0.6) is 0 Å². The zero-order valence-corrected chi connectivity index (χ0v) is 10.7. The smallest absolute Gasteiger partial charge is 0.237 e. The normalized spacial score (nSPS) is 20.6. The molecule has 0 aromatic carbocycles. The molecule has 1 amide bonds. The van der Waals surface area contributed by atoms with Crippen molar-refractivity contribution in [2.75, 3.05) is 0 Å². The highest BCUT2D eigenvalue weighted by Crippen LogP contribution is 2.11. The fourth-order valence-corrected chi connectivity index (χ4v) is 2.11. The van der Waals surface area contributed by atoms with Gasteiger partial charge in [0.1, 0.15) is 5.76 Å². The van der Waals surface area contributed by atoms with Gasteiger partial charge in [-0.15, -0.1) is 0 Å². The quantitative estimate of drug-likeness (QED) is 0.783. The van der Waals surface area contributed by atoms with Crippen molar-refractivity contribution in [1.82, 2.24) is 10.6 Å². The Hall–Kier alpha value is -1.55. The second-order valence-electron chi connectivity index (χ2n) is 4.67. The molecule has 4 heteroatoms. The maximum absolute atomic E-state index is 11.9. The fourth-order valence-electron chi connectivity index (χ4n) is 2.11. The van der Waals surface area contributed by atoms with Crippen LogP contribution in [0.4, 0.5) is 0 Å². The maximum Gasteiger partial charge on any atom is 0.237 e. The number of amides is 1. The molecule has 1 aliphatic carbocycles. The molecule has 1 aromatic heterocycles. The summed E-state index contributed by atoms with van der Waals surface area (Å²) in [6, 6.07) is 3.91. The van der Waals surface area contributed by atoms with Gasteiger partial charge in [-0.25, -0.2) is 0 Å². The lowest BCUT2D eigenvalue weighted by Crippen LogP contribution is -2.46. The molecule has 18 heavy (non-hydrogen) atoms. The van der Waals surface area contributed by atoms with Gasteiger partial charge in [0.15, 0.2) is 0 Å². The Labute approximate surface area is 107 Å². The Balaban J connectivity index is 1.72. The van der Waals surface area contributed by atoms with E-state index in [0.29, 0.717) is 12.6 Å². The molecule has 0 radical (unpaired) electrons. The van der Waals surface area contributed by atoms with E-state index < -0.39 is 0 Å². The van der Waals surface area contributed by atoms with E-state index >= 15 is 0 Å². The van der Waals surface area contributed by atoms with Crippen molar-refractivity contribution in [1.29, 1.82) is 0 Å². The van der Waals surface area contributed by atoms with Crippen LogP contribution in [0, 0.1) is 0 Å². The van der Waals surface area contributed by atoms with Crippen molar-refractivity contribution >= 4 is 5.91 Å². The van der Waals surface area contributed by atoms with Gasteiger partial charge in [0, 0.05) is 6.04 Å². The zero-order valence-electron chi connectivity index (χ0n) is 10.7. The molecule has 0 saturated heterocycles. The molecule has 1 aromatic rings. The SMILES string of the molecule is CC(NC1CC=CCC1)C(=O)NCc1ccco1. The van der Waals surface area contributed by atoms with Crippen LogP contribution in [0.3, 0.4) is 0 Å². The van der Waals surface area contributed by atoms with Gasteiger partial charge < -0.3 is 15.1 Å². The molecule has 1 aliphatic rings. The highest BCUT2D eigenvalue weighted by atomic mass is 16.3. The molecule has 0 bridgehead atoms. The highest BCUT2D eigenvalue weighted by Gasteiger charge is 2.17. The Bertz CT molecular complexity index is 398. The van der Waals surface area contributed by atoms with E-state index in [2.05, 4.69) is 22.8 Å². The molecular formula is C14H20N2O2. The summed E-state index contributed by atoms with van der Waals surface area (Å²) in [7, 11) is 0. The molecule has 0 aliphatic heterocycles. The topological polar surface area (TPSA) is 54.3 Å². The van der Waals surface area contributed by atoms with Gasteiger partial charge in [-0.1, -0.05) is 12.2 Å². The van der Waals surface area contributed by atoms with E-state index in [0.717, 1.165) is 25.0 Å². The van der Waals surface area contributed by atoms with Crippen LogP contribution >= 0.6 is 0 Å². The summed E-state index contributed by atoms with van der Waals surface area (Å²) in [5, 5.41) is 6.22. The van der Waals surface area contributed by atoms with Gasteiger partial charge in [0.2, 0.25) is 5.91 Å². The highest BCUT2D eigenvalue weighted by molar-refractivity contribution is 5.81. The molecule has 0 fully saturated rings. The summed E-state index contributed by atoms with van der Waals surface area (Å²) in [5.74, 6) is 0.789. The first-order chi connectivity index (χ1) is 8.75. The molecule has 4 nitrogen and oxygen atoms in total. The van der Waals surface area contributed by atoms with Crippen molar-refractivity contribution < 1.29 is 9.21 Å². The first-order valence-corrected chi connectivity index (χ1v) is 6.47. The van der Waals surface area contributed by atoms with Gasteiger partial charge in [0.05, 0.1) is 18.8 Å². The van der Waals surface area contributed by atoms with E-state index in [1.54, 1.807) is 6.26 Å². The summed E-state index contributed by atoms with van der Waals surface area (Å²) in [4.78, 5) is 11.9. The summed E-state index contributed by atoms with van der Waals surface area (Å²) in [5.41, 5.74) is 0. The Morgan fingerprint density at radius 3 is 3.11 bits per heavy atom. The van der Waals surface area contributed by atoms with E-state index in [-0.39, 0.29) is 11.9 Å². The molecule has 2 unspecified atom stereocenters. The lowest BCUT2D eigenvalue weighted by Gasteiger charge is -2.23. The molecule has 1 heterocycles. The third-order valence-corrected chi connectivity index (χ3v) is 3.16. The molecule has 0 spiro atoms. The van der Waals surface area contributed by atoms with E-state index in [1.807, 2.05) is 19.1 Å². The summed E-state index contributed by atoms with van der Waals surface area (Å²) in [6.45, 7) is 2.35. The molecular weight excluding hydrogens is 228 g/mol. The Morgan fingerprint density at radius 2 is 2.44 bits per heavy atom. The van der Waals surface area contributed by atoms with Gasteiger partial charge in [-0.3, -0.25) is 4.79 Å². The fraction of sp³-hybridized carbons (Fsp3) is 0.500. The maximum atomic E-state index is 11.9. The van der Waals surface area contributed by atoms with Crippen LogP contribution < -0.4 is 10.6 Å². The largest absolute Gasteiger partial charge is 0.467 e. The van der Waals surface area contributed by atoms with Crippen LogP contribution in [0.2, 0.25) is 0 Å². The van der Waals surface area contributed by atoms with E-state index in [4.69, 9.17) is 4.42 Å². The second-order valence-corrected chi connectivity index (χ2v) is 4.67. The average molecular weight is 248 g/mol. The van der Waals surface area contributed by atoms with Gasteiger partial charge in [-0.2, -0.15) is 0 Å². The van der Waals surface area contributed by atoms with Crippen molar-refractivity contribution in [3.8, 4) is 0 Å². The van der Waals surface area contributed by atoms with Gasteiger partial charge in [-0.05, 0) is 38.3 Å². The Kier molecular flexibility index (Phi) is 4.59. The van der Waals surface area contributed by atoms with E-state index in [9.17, 15) is 4.79 Å². The number of furan rings is 1. The first-order valence-electron chi connectivity index (χ1n) is 6.47. The lowest BCUT2D eigenvalue weighted by molar-refractivity contribution is -0.123. The van der Waals surface area contributed by atoms with Gasteiger partial charge in [0.25, 0.3) is 0 Å². The van der Waals surface area contributed by atoms with Crippen LogP contribution in [0.25, 0.3) is 0 Å². The first kappa shape index (κ1) is 12.9. The predicted octanol–water partition coefficient (Wildman–Crippen LogP) is 1.98. The van der Waals surface area contributed by atoms with Crippen molar-refractivity contribution in [2.24, 2.45) is 0 Å². The van der Waals surface area contributed by atoms with Crippen LogP contribution in [0.15, 0.2) is 35.0 Å². The van der Waals surface area contributed by atoms with Crippen LogP contribution in [-0.2, 0) is 11.3 Å². The number of hydrogen-bond acceptors (Lipinski definition) is 3. The van der Waals surface area contributed by atoms with Crippen LogP contribution in [-0.4, -0.2) is 18.0 Å². The lowest BCUT2D eigenvalue weighted by atomic mass is 10.0. The monoisotopic (exact) mass is 248 g/mol.